The van der Waals surface area contributed by atoms with Gasteiger partial charge in [0, 0.05) is 25.8 Å². The molecule has 0 spiro atoms. The van der Waals surface area contributed by atoms with E-state index >= 15 is 0 Å². The van der Waals surface area contributed by atoms with Crippen LogP contribution in [0, 0.1) is 11.3 Å². The number of nitriles is 1. The second-order valence-electron chi connectivity index (χ2n) is 7.05. The fraction of sp³-hybridized carbons (Fsp3) is 0.650. The predicted molar refractivity (Wildman–Crippen MR) is 95.6 cm³/mol. The second kappa shape index (κ2) is 8.66. The number of benzene rings is 1. The van der Waals surface area contributed by atoms with Crippen LogP contribution in [0.5, 0.6) is 5.75 Å². The van der Waals surface area contributed by atoms with Crippen molar-refractivity contribution in [1.29, 1.82) is 5.26 Å². The maximum atomic E-state index is 9.62. The van der Waals surface area contributed by atoms with Crippen molar-refractivity contribution in [2.45, 2.75) is 43.6 Å². The molecule has 5 heteroatoms. The van der Waals surface area contributed by atoms with Crippen molar-refractivity contribution in [3.8, 4) is 11.8 Å². The van der Waals surface area contributed by atoms with Crippen LogP contribution >= 0.6 is 0 Å². The zero-order valence-electron chi connectivity index (χ0n) is 14.8. The van der Waals surface area contributed by atoms with Gasteiger partial charge < -0.3 is 14.6 Å². The molecule has 0 radical (unpaired) electrons. The first-order chi connectivity index (χ1) is 12.3. The third-order valence-electron chi connectivity index (χ3n) is 5.54. The molecule has 25 heavy (non-hydrogen) atoms. The molecule has 0 aromatic heterocycles. The van der Waals surface area contributed by atoms with Crippen molar-refractivity contribution in [3.63, 3.8) is 0 Å². The zero-order valence-corrected chi connectivity index (χ0v) is 14.8. The van der Waals surface area contributed by atoms with Crippen LogP contribution in [0.15, 0.2) is 24.3 Å². The molecule has 5 nitrogen and oxygen atoms in total. The van der Waals surface area contributed by atoms with Gasteiger partial charge in [0.15, 0.2) is 0 Å². The van der Waals surface area contributed by atoms with Crippen LogP contribution in [0.2, 0.25) is 0 Å². The molecule has 0 aliphatic carbocycles. The summed E-state index contributed by atoms with van der Waals surface area (Å²) < 4.78 is 11.2. The van der Waals surface area contributed by atoms with Gasteiger partial charge in [-0.15, -0.1) is 0 Å². The lowest BCUT2D eigenvalue weighted by molar-refractivity contribution is 0.0675. The summed E-state index contributed by atoms with van der Waals surface area (Å²) in [5, 5.41) is 19.0. The Morgan fingerprint density at radius 2 is 2.04 bits per heavy atom. The van der Waals surface area contributed by atoms with E-state index in [1.54, 1.807) is 0 Å². The minimum absolute atomic E-state index is 0.258. The van der Waals surface area contributed by atoms with Gasteiger partial charge in [-0.2, -0.15) is 5.26 Å². The Morgan fingerprint density at radius 1 is 1.28 bits per heavy atom. The lowest BCUT2D eigenvalue weighted by Crippen LogP contribution is -2.33. The maximum absolute atomic E-state index is 9.62. The quantitative estimate of drug-likeness (QED) is 0.770. The molecule has 1 aromatic rings. The van der Waals surface area contributed by atoms with Crippen molar-refractivity contribution < 1.29 is 14.6 Å². The van der Waals surface area contributed by atoms with Gasteiger partial charge in [-0.3, -0.25) is 4.90 Å². The molecule has 2 aliphatic heterocycles. The van der Waals surface area contributed by atoms with Crippen LogP contribution < -0.4 is 4.74 Å². The Hall–Kier alpha value is -1.61. The fourth-order valence-corrected chi connectivity index (χ4v) is 3.91. The monoisotopic (exact) mass is 344 g/mol. The number of hydrogen-bond donors (Lipinski definition) is 1. The normalized spacial score (nSPS) is 23.3. The van der Waals surface area contributed by atoms with Crippen LogP contribution in [0.3, 0.4) is 0 Å². The summed E-state index contributed by atoms with van der Waals surface area (Å²) in [4.78, 5) is 2.36. The van der Waals surface area contributed by atoms with Crippen LogP contribution in [0.1, 0.15) is 37.7 Å². The Morgan fingerprint density at radius 3 is 2.72 bits per heavy atom. The van der Waals surface area contributed by atoms with Gasteiger partial charge in [0.05, 0.1) is 24.7 Å². The highest BCUT2D eigenvalue weighted by atomic mass is 16.5. The molecule has 3 rings (SSSR count). The Kier molecular flexibility index (Phi) is 6.30. The molecule has 2 saturated heterocycles. The highest BCUT2D eigenvalue weighted by Crippen LogP contribution is 2.34. The number of likely N-dealkylation sites (tertiary alicyclic amines) is 1. The van der Waals surface area contributed by atoms with Gasteiger partial charge in [0.1, 0.15) is 5.75 Å². The number of aliphatic hydroxyl groups excluding tert-OH is 1. The summed E-state index contributed by atoms with van der Waals surface area (Å²) >= 11 is 0. The Labute approximate surface area is 150 Å². The first kappa shape index (κ1) is 18.2. The van der Waals surface area contributed by atoms with Crippen molar-refractivity contribution in [3.05, 3.63) is 29.8 Å². The standard InChI is InChI=1S/C20H28N2O3/c21-16-20(8-13-24-14-9-20)17-4-6-19(7-5-17)25-12-2-11-22-10-1-3-18(22)15-23/h4-7,18,23H,1-3,8-15H2/t18-/m0/s1. The molecule has 136 valence electrons. The Bertz CT molecular complexity index is 576. The minimum atomic E-state index is -0.411. The smallest absolute Gasteiger partial charge is 0.119 e. The average molecular weight is 344 g/mol. The predicted octanol–water partition coefficient (Wildman–Crippen LogP) is 2.48. The number of ether oxygens (including phenoxy) is 2. The topological polar surface area (TPSA) is 65.7 Å². The van der Waals surface area contributed by atoms with Gasteiger partial charge in [0.2, 0.25) is 0 Å². The molecule has 2 aliphatic rings. The molecular weight excluding hydrogens is 316 g/mol. The van der Waals surface area contributed by atoms with Crippen LogP contribution in [0.25, 0.3) is 0 Å². The first-order valence-corrected chi connectivity index (χ1v) is 9.35. The average Bonchev–Trinajstić information content (AvgIpc) is 3.14. The van der Waals surface area contributed by atoms with Crippen molar-refractivity contribution in [1.82, 2.24) is 4.90 Å². The second-order valence-corrected chi connectivity index (χ2v) is 7.05. The van der Waals surface area contributed by atoms with E-state index in [4.69, 9.17) is 9.47 Å². The molecule has 0 bridgehead atoms. The molecule has 2 heterocycles. The Balaban J connectivity index is 1.47. The van der Waals surface area contributed by atoms with Crippen LogP contribution in [-0.4, -0.2) is 55.6 Å². The van der Waals surface area contributed by atoms with E-state index in [0.29, 0.717) is 25.9 Å². The molecule has 1 N–H and O–H groups in total. The van der Waals surface area contributed by atoms with Crippen LogP contribution in [0.4, 0.5) is 0 Å². The van der Waals surface area contributed by atoms with Gasteiger partial charge in [0.25, 0.3) is 0 Å². The highest BCUT2D eigenvalue weighted by Gasteiger charge is 2.34. The summed E-state index contributed by atoms with van der Waals surface area (Å²) in [6.07, 6.45) is 4.75. The minimum Gasteiger partial charge on any atom is -0.494 e. The molecule has 0 amide bonds. The van der Waals surface area contributed by atoms with E-state index in [-0.39, 0.29) is 6.61 Å². The summed E-state index contributed by atoms with van der Waals surface area (Å²) in [5.41, 5.74) is 0.653. The third kappa shape index (κ3) is 4.33. The van der Waals surface area contributed by atoms with E-state index in [9.17, 15) is 10.4 Å². The fourth-order valence-electron chi connectivity index (χ4n) is 3.91. The van der Waals surface area contributed by atoms with Crippen molar-refractivity contribution >= 4 is 0 Å². The summed E-state index contributed by atoms with van der Waals surface area (Å²) in [7, 11) is 0. The number of hydrogen-bond acceptors (Lipinski definition) is 5. The van der Waals surface area contributed by atoms with Crippen molar-refractivity contribution in [2.75, 3.05) is 39.5 Å². The van der Waals surface area contributed by atoms with E-state index < -0.39 is 5.41 Å². The van der Waals surface area contributed by atoms with Crippen LogP contribution in [-0.2, 0) is 10.2 Å². The zero-order chi connectivity index (χ0) is 17.5. The summed E-state index contributed by atoms with van der Waals surface area (Å²) in [5.74, 6) is 0.851. The number of aliphatic hydroxyl groups is 1. The van der Waals surface area contributed by atoms with Gasteiger partial charge in [-0.05, 0) is 56.3 Å². The lowest BCUT2D eigenvalue weighted by atomic mass is 9.75. The van der Waals surface area contributed by atoms with Crippen molar-refractivity contribution in [2.24, 2.45) is 0 Å². The van der Waals surface area contributed by atoms with E-state index in [0.717, 1.165) is 50.1 Å². The first-order valence-electron chi connectivity index (χ1n) is 9.35. The summed E-state index contributed by atoms with van der Waals surface area (Å²) in [6.45, 7) is 4.29. The summed E-state index contributed by atoms with van der Waals surface area (Å²) in [6, 6.07) is 10.8. The highest BCUT2D eigenvalue weighted by molar-refractivity contribution is 5.37. The van der Waals surface area contributed by atoms with Gasteiger partial charge >= 0.3 is 0 Å². The number of nitrogens with zero attached hydrogens (tertiary/aromatic N) is 2. The molecule has 1 atom stereocenters. The van der Waals surface area contributed by atoms with Gasteiger partial charge in [-0.25, -0.2) is 0 Å². The molecule has 1 aromatic carbocycles. The maximum Gasteiger partial charge on any atom is 0.119 e. The van der Waals surface area contributed by atoms with Gasteiger partial charge in [-0.1, -0.05) is 12.1 Å². The van der Waals surface area contributed by atoms with E-state index in [1.807, 2.05) is 24.3 Å². The van der Waals surface area contributed by atoms with E-state index in [2.05, 4.69) is 11.0 Å². The number of rotatable bonds is 7. The molecular formula is C20H28N2O3. The molecule has 0 unspecified atom stereocenters. The SMILES string of the molecule is N#CC1(c2ccc(OCCCN3CCC[C@H]3CO)cc2)CCOCC1. The molecule has 2 fully saturated rings. The lowest BCUT2D eigenvalue weighted by Gasteiger charge is -2.31. The largest absolute Gasteiger partial charge is 0.494 e. The van der Waals surface area contributed by atoms with E-state index in [1.165, 1.54) is 6.42 Å². The third-order valence-corrected chi connectivity index (χ3v) is 5.54. The molecule has 0 saturated carbocycles.